The highest BCUT2D eigenvalue weighted by Gasteiger charge is 2.32. The highest BCUT2D eigenvalue weighted by molar-refractivity contribution is 7.89. The van der Waals surface area contributed by atoms with Gasteiger partial charge in [-0.15, -0.1) is 0 Å². The molecule has 0 saturated carbocycles. The SMILES string of the molecule is Cc1ccc(S(=O)(=O)N2CCCCC2C)cc1C(=O)OC(C)C(=O)N(C)Cc1ccccc1. The molecule has 2 atom stereocenters. The Morgan fingerprint density at radius 3 is 2.52 bits per heavy atom. The monoisotopic (exact) mass is 472 g/mol. The van der Waals surface area contributed by atoms with Crippen LogP contribution >= 0.6 is 0 Å². The van der Waals surface area contributed by atoms with Gasteiger partial charge in [0.2, 0.25) is 10.0 Å². The van der Waals surface area contributed by atoms with Crippen LogP contribution in [0.25, 0.3) is 0 Å². The van der Waals surface area contributed by atoms with E-state index in [-0.39, 0.29) is 22.4 Å². The molecule has 7 nitrogen and oxygen atoms in total. The molecule has 2 aromatic carbocycles. The Labute approximate surface area is 196 Å². The molecule has 8 heteroatoms. The van der Waals surface area contributed by atoms with Crippen LogP contribution in [0.1, 0.15) is 54.6 Å². The molecule has 0 aliphatic carbocycles. The minimum absolute atomic E-state index is 0.0639. The van der Waals surface area contributed by atoms with E-state index in [0.29, 0.717) is 18.7 Å². The lowest BCUT2D eigenvalue weighted by Crippen LogP contribution is -2.42. The largest absolute Gasteiger partial charge is 0.449 e. The zero-order chi connectivity index (χ0) is 24.2. The number of piperidine rings is 1. The van der Waals surface area contributed by atoms with Crippen LogP contribution in [0.15, 0.2) is 53.4 Å². The summed E-state index contributed by atoms with van der Waals surface area (Å²) in [6, 6.07) is 13.9. The second kappa shape index (κ2) is 10.5. The zero-order valence-corrected chi connectivity index (χ0v) is 20.5. The number of carbonyl (C=O) groups excluding carboxylic acids is 2. The van der Waals surface area contributed by atoms with Crippen molar-refractivity contribution >= 4 is 21.9 Å². The first kappa shape index (κ1) is 24.9. The minimum Gasteiger partial charge on any atom is -0.449 e. The van der Waals surface area contributed by atoms with Gasteiger partial charge in [-0.05, 0) is 56.9 Å². The number of hydrogen-bond acceptors (Lipinski definition) is 5. The van der Waals surface area contributed by atoms with Crippen LogP contribution in [-0.2, 0) is 26.1 Å². The molecule has 0 aromatic heterocycles. The Morgan fingerprint density at radius 1 is 1.15 bits per heavy atom. The van der Waals surface area contributed by atoms with Crippen LogP contribution in [0, 0.1) is 6.92 Å². The predicted molar refractivity (Wildman–Crippen MR) is 126 cm³/mol. The number of sulfonamides is 1. The maximum Gasteiger partial charge on any atom is 0.339 e. The summed E-state index contributed by atoms with van der Waals surface area (Å²) in [6.07, 6.45) is 1.63. The molecular weight excluding hydrogens is 440 g/mol. The smallest absolute Gasteiger partial charge is 0.339 e. The van der Waals surface area contributed by atoms with Gasteiger partial charge >= 0.3 is 5.97 Å². The van der Waals surface area contributed by atoms with Crippen molar-refractivity contribution in [3.63, 3.8) is 0 Å². The molecule has 3 rings (SSSR count). The van der Waals surface area contributed by atoms with E-state index in [2.05, 4.69) is 0 Å². The molecular formula is C25H32N2O5S. The Balaban J connectivity index is 1.73. The number of likely N-dealkylation sites (N-methyl/N-ethyl adjacent to an activating group) is 1. The van der Waals surface area contributed by atoms with E-state index < -0.39 is 22.1 Å². The zero-order valence-electron chi connectivity index (χ0n) is 19.7. The Hall–Kier alpha value is -2.71. The molecule has 2 unspecified atom stereocenters. The third-order valence-corrected chi connectivity index (χ3v) is 8.06. The predicted octanol–water partition coefficient (Wildman–Crippen LogP) is 3.76. The number of carbonyl (C=O) groups is 2. The summed E-state index contributed by atoms with van der Waals surface area (Å²) in [7, 11) is -2.08. The summed E-state index contributed by atoms with van der Waals surface area (Å²) < 4.78 is 33.3. The molecule has 1 aliphatic rings. The highest BCUT2D eigenvalue weighted by atomic mass is 32.2. The van der Waals surface area contributed by atoms with Crippen molar-refractivity contribution in [2.24, 2.45) is 0 Å². The van der Waals surface area contributed by atoms with E-state index in [1.807, 2.05) is 37.3 Å². The molecule has 1 fully saturated rings. The number of rotatable bonds is 7. The van der Waals surface area contributed by atoms with Crippen LogP contribution in [0.5, 0.6) is 0 Å². The third-order valence-electron chi connectivity index (χ3n) is 6.05. The van der Waals surface area contributed by atoms with Gasteiger partial charge in [-0.25, -0.2) is 13.2 Å². The fraction of sp³-hybridized carbons (Fsp3) is 0.440. The number of hydrogen-bond donors (Lipinski definition) is 0. The minimum atomic E-state index is -3.73. The first-order valence-electron chi connectivity index (χ1n) is 11.2. The van der Waals surface area contributed by atoms with Crippen LogP contribution in [0.4, 0.5) is 0 Å². The number of amides is 1. The fourth-order valence-corrected chi connectivity index (χ4v) is 5.79. The third kappa shape index (κ3) is 5.81. The average molecular weight is 473 g/mol. The van der Waals surface area contributed by atoms with Crippen molar-refractivity contribution in [3.05, 3.63) is 65.2 Å². The van der Waals surface area contributed by atoms with E-state index in [9.17, 15) is 18.0 Å². The van der Waals surface area contributed by atoms with Crippen LogP contribution < -0.4 is 0 Å². The Kier molecular flexibility index (Phi) is 7.92. The quantitative estimate of drug-likeness (QED) is 0.573. The first-order valence-corrected chi connectivity index (χ1v) is 12.7. The van der Waals surface area contributed by atoms with Crippen molar-refractivity contribution in [2.45, 2.75) is 63.6 Å². The topological polar surface area (TPSA) is 84.0 Å². The van der Waals surface area contributed by atoms with E-state index in [1.54, 1.807) is 20.0 Å². The average Bonchev–Trinajstić information content (AvgIpc) is 2.79. The summed E-state index contributed by atoms with van der Waals surface area (Å²) in [6.45, 7) is 6.00. The van der Waals surface area contributed by atoms with E-state index in [4.69, 9.17) is 4.74 Å². The van der Waals surface area contributed by atoms with Gasteiger partial charge in [0.15, 0.2) is 6.10 Å². The highest BCUT2D eigenvalue weighted by Crippen LogP contribution is 2.26. The lowest BCUT2D eigenvalue weighted by Gasteiger charge is -2.32. The van der Waals surface area contributed by atoms with Gasteiger partial charge in [-0.3, -0.25) is 4.79 Å². The molecule has 0 spiro atoms. The molecule has 0 N–H and O–H groups in total. The van der Waals surface area contributed by atoms with Crippen molar-refractivity contribution < 1.29 is 22.7 Å². The van der Waals surface area contributed by atoms with Crippen molar-refractivity contribution in [1.29, 1.82) is 0 Å². The number of aryl methyl sites for hydroxylation is 1. The van der Waals surface area contributed by atoms with Gasteiger partial charge in [0, 0.05) is 26.2 Å². The van der Waals surface area contributed by atoms with E-state index in [1.165, 1.54) is 28.3 Å². The summed E-state index contributed by atoms with van der Waals surface area (Å²) in [5.41, 5.74) is 1.70. The lowest BCUT2D eigenvalue weighted by atomic mass is 10.1. The van der Waals surface area contributed by atoms with Crippen LogP contribution in [0.2, 0.25) is 0 Å². The first-order chi connectivity index (χ1) is 15.6. The Morgan fingerprint density at radius 2 is 1.85 bits per heavy atom. The van der Waals surface area contributed by atoms with Gasteiger partial charge in [0.05, 0.1) is 10.5 Å². The van der Waals surface area contributed by atoms with Gasteiger partial charge < -0.3 is 9.64 Å². The van der Waals surface area contributed by atoms with E-state index in [0.717, 1.165) is 24.8 Å². The molecule has 2 aromatic rings. The lowest BCUT2D eigenvalue weighted by molar-refractivity contribution is -0.139. The summed E-state index contributed by atoms with van der Waals surface area (Å²) in [4.78, 5) is 27.2. The molecule has 1 heterocycles. The van der Waals surface area contributed by atoms with Gasteiger partial charge in [0.25, 0.3) is 5.91 Å². The molecule has 33 heavy (non-hydrogen) atoms. The second-order valence-electron chi connectivity index (χ2n) is 8.66. The van der Waals surface area contributed by atoms with Crippen molar-refractivity contribution in [3.8, 4) is 0 Å². The second-order valence-corrected chi connectivity index (χ2v) is 10.6. The summed E-state index contributed by atoms with van der Waals surface area (Å²) in [5.74, 6) is -1.05. The molecule has 1 saturated heterocycles. The van der Waals surface area contributed by atoms with Gasteiger partial charge in [0.1, 0.15) is 0 Å². The van der Waals surface area contributed by atoms with E-state index >= 15 is 0 Å². The molecule has 0 bridgehead atoms. The van der Waals surface area contributed by atoms with Gasteiger partial charge in [-0.2, -0.15) is 4.31 Å². The number of benzene rings is 2. The van der Waals surface area contributed by atoms with Crippen LogP contribution in [0.3, 0.4) is 0 Å². The normalized spacial score (nSPS) is 17.9. The number of ether oxygens (including phenoxy) is 1. The summed E-state index contributed by atoms with van der Waals surface area (Å²) >= 11 is 0. The fourth-order valence-electron chi connectivity index (χ4n) is 4.07. The molecule has 0 radical (unpaired) electrons. The maximum absolute atomic E-state index is 13.2. The van der Waals surface area contributed by atoms with Gasteiger partial charge in [-0.1, -0.05) is 42.8 Å². The molecule has 178 valence electrons. The number of esters is 1. The van der Waals surface area contributed by atoms with Crippen molar-refractivity contribution in [2.75, 3.05) is 13.6 Å². The van der Waals surface area contributed by atoms with Crippen molar-refractivity contribution in [1.82, 2.24) is 9.21 Å². The maximum atomic E-state index is 13.2. The molecule has 1 amide bonds. The Bertz CT molecular complexity index is 1100. The standard InChI is InChI=1S/C25H32N2O5S/c1-18-13-14-22(33(30,31)27-15-9-8-10-19(27)2)16-23(18)25(29)32-20(3)24(28)26(4)17-21-11-6-5-7-12-21/h5-7,11-14,16,19-20H,8-10,15,17H2,1-4H3. The molecule has 1 aliphatic heterocycles. The number of nitrogens with zero attached hydrogens (tertiary/aromatic N) is 2. The summed E-state index contributed by atoms with van der Waals surface area (Å²) in [5, 5.41) is 0. The van der Waals surface area contributed by atoms with Crippen LogP contribution in [-0.4, -0.2) is 55.2 Å².